The molecule has 80 valence electrons. The molecular weight excluding hydrogens is 194 g/mol. The van der Waals surface area contributed by atoms with Crippen LogP contribution in [0.1, 0.15) is 12.5 Å². The lowest BCUT2D eigenvalue weighted by Crippen LogP contribution is -2.32. The van der Waals surface area contributed by atoms with Gasteiger partial charge in [-0.1, -0.05) is 6.07 Å². The largest absolute Gasteiger partial charge is 0.398 e. The molecule has 0 aliphatic heterocycles. The van der Waals surface area contributed by atoms with Gasteiger partial charge in [-0.3, -0.25) is 10.1 Å². The number of rotatable bonds is 1. The fourth-order valence-corrected chi connectivity index (χ4v) is 1.10. The summed E-state index contributed by atoms with van der Waals surface area (Å²) < 4.78 is 0. The fraction of sp³-hybridized carbons (Fsp3) is 0.200. The predicted octanol–water partition coefficient (Wildman–Crippen LogP) is 1.25. The quantitative estimate of drug-likeness (QED) is 0.606. The second-order valence-electron chi connectivity index (χ2n) is 3.16. The van der Waals surface area contributed by atoms with Gasteiger partial charge in [0, 0.05) is 18.3 Å². The number of imide groups is 1. The van der Waals surface area contributed by atoms with E-state index in [-0.39, 0.29) is 0 Å². The maximum absolute atomic E-state index is 11.2. The van der Waals surface area contributed by atoms with Crippen molar-refractivity contribution in [3.63, 3.8) is 0 Å². The third-order valence-electron chi connectivity index (χ3n) is 1.91. The van der Waals surface area contributed by atoms with E-state index in [1.165, 1.54) is 6.92 Å². The monoisotopic (exact) mass is 207 g/mol. The zero-order chi connectivity index (χ0) is 11.4. The molecule has 0 aliphatic carbocycles. The standard InChI is InChI=1S/C10H13N3O2/c1-6-8(11)4-3-5-9(6)13-10(15)12-7(2)14/h3-5H,11H2,1-2H3,(H2,12,13,14,15). The number of urea groups is 1. The maximum Gasteiger partial charge on any atom is 0.325 e. The lowest BCUT2D eigenvalue weighted by atomic mass is 10.1. The van der Waals surface area contributed by atoms with Crippen LogP contribution < -0.4 is 16.4 Å². The Labute approximate surface area is 87.7 Å². The Kier molecular flexibility index (Phi) is 3.28. The Morgan fingerprint density at radius 1 is 1.33 bits per heavy atom. The Bertz CT molecular complexity index is 402. The number of nitrogen functional groups attached to an aromatic ring is 1. The molecule has 0 saturated heterocycles. The van der Waals surface area contributed by atoms with Crippen molar-refractivity contribution in [2.45, 2.75) is 13.8 Å². The van der Waals surface area contributed by atoms with Crippen molar-refractivity contribution in [3.8, 4) is 0 Å². The van der Waals surface area contributed by atoms with Crippen molar-refractivity contribution >= 4 is 23.3 Å². The average Bonchev–Trinajstić information content (AvgIpc) is 2.11. The van der Waals surface area contributed by atoms with Gasteiger partial charge in [0.15, 0.2) is 0 Å². The van der Waals surface area contributed by atoms with E-state index in [9.17, 15) is 9.59 Å². The Morgan fingerprint density at radius 3 is 2.60 bits per heavy atom. The lowest BCUT2D eigenvalue weighted by molar-refractivity contribution is -0.117. The smallest absolute Gasteiger partial charge is 0.325 e. The average molecular weight is 207 g/mol. The van der Waals surface area contributed by atoms with Gasteiger partial charge in [0.2, 0.25) is 5.91 Å². The molecule has 0 spiro atoms. The van der Waals surface area contributed by atoms with Gasteiger partial charge < -0.3 is 11.1 Å². The molecule has 0 bridgehead atoms. The molecule has 3 amide bonds. The van der Waals surface area contributed by atoms with Crippen molar-refractivity contribution in [3.05, 3.63) is 23.8 Å². The highest BCUT2D eigenvalue weighted by atomic mass is 16.2. The van der Waals surface area contributed by atoms with Crippen LogP contribution in [0.3, 0.4) is 0 Å². The summed E-state index contributed by atoms with van der Waals surface area (Å²) >= 11 is 0. The van der Waals surface area contributed by atoms with Crippen molar-refractivity contribution in [1.29, 1.82) is 0 Å². The van der Waals surface area contributed by atoms with Crippen LogP contribution in [0.5, 0.6) is 0 Å². The van der Waals surface area contributed by atoms with E-state index < -0.39 is 11.9 Å². The predicted molar refractivity (Wildman–Crippen MR) is 58.4 cm³/mol. The van der Waals surface area contributed by atoms with E-state index in [0.717, 1.165) is 5.56 Å². The molecule has 0 fully saturated rings. The number of carbonyl (C=O) groups excluding carboxylic acids is 2. The lowest BCUT2D eigenvalue weighted by Gasteiger charge is -2.09. The number of anilines is 2. The van der Waals surface area contributed by atoms with Gasteiger partial charge >= 0.3 is 6.03 Å². The minimum atomic E-state index is -0.559. The first-order chi connectivity index (χ1) is 7.00. The second-order valence-corrected chi connectivity index (χ2v) is 3.16. The molecule has 0 atom stereocenters. The summed E-state index contributed by atoms with van der Waals surface area (Å²) in [6, 6.07) is 4.62. The minimum absolute atomic E-state index is 0.408. The van der Waals surface area contributed by atoms with E-state index in [1.807, 2.05) is 0 Å². The van der Waals surface area contributed by atoms with Gasteiger partial charge in [-0.25, -0.2) is 4.79 Å². The van der Waals surface area contributed by atoms with Gasteiger partial charge in [-0.15, -0.1) is 0 Å². The van der Waals surface area contributed by atoms with Gasteiger partial charge in [0.05, 0.1) is 0 Å². The van der Waals surface area contributed by atoms with E-state index in [1.54, 1.807) is 25.1 Å². The number of carbonyl (C=O) groups is 2. The summed E-state index contributed by atoms with van der Waals surface area (Å²) in [7, 11) is 0. The summed E-state index contributed by atoms with van der Waals surface area (Å²) in [5.41, 5.74) is 7.62. The summed E-state index contributed by atoms with van der Waals surface area (Å²) in [5, 5.41) is 4.64. The van der Waals surface area contributed by atoms with E-state index >= 15 is 0 Å². The summed E-state index contributed by atoms with van der Waals surface area (Å²) in [6.45, 7) is 3.06. The van der Waals surface area contributed by atoms with Crippen molar-refractivity contribution in [2.24, 2.45) is 0 Å². The van der Waals surface area contributed by atoms with Crippen LogP contribution in [0.25, 0.3) is 0 Å². The summed E-state index contributed by atoms with van der Waals surface area (Å²) in [6.07, 6.45) is 0. The zero-order valence-corrected chi connectivity index (χ0v) is 8.63. The van der Waals surface area contributed by atoms with Crippen LogP contribution in [0.15, 0.2) is 18.2 Å². The van der Waals surface area contributed by atoms with Crippen molar-refractivity contribution in [1.82, 2.24) is 5.32 Å². The Morgan fingerprint density at radius 2 is 2.00 bits per heavy atom. The van der Waals surface area contributed by atoms with Crippen LogP contribution in [-0.2, 0) is 4.79 Å². The van der Waals surface area contributed by atoms with Crippen LogP contribution in [0.4, 0.5) is 16.2 Å². The number of nitrogens with two attached hydrogens (primary N) is 1. The Balaban J connectivity index is 2.77. The van der Waals surface area contributed by atoms with Crippen molar-refractivity contribution in [2.75, 3.05) is 11.1 Å². The molecule has 0 radical (unpaired) electrons. The highest BCUT2D eigenvalue weighted by molar-refractivity contribution is 6.01. The molecule has 1 aromatic carbocycles. The molecule has 0 aromatic heterocycles. The molecule has 5 nitrogen and oxygen atoms in total. The summed E-state index contributed by atoms with van der Waals surface area (Å²) in [5.74, 6) is -0.408. The number of hydrogen-bond acceptors (Lipinski definition) is 3. The summed E-state index contributed by atoms with van der Waals surface area (Å²) in [4.78, 5) is 21.8. The normalized spacial score (nSPS) is 9.47. The third kappa shape index (κ3) is 2.98. The zero-order valence-electron chi connectivity index (χ0n) is 8.63. The van der Waals surface area contributed by atoms with Crippen LogP contribution in [0.2, 0.25) is 0 Å². The van der Waals surface area contributed by atoms with Crippen molar-refractivity contribution < 1.29 is 9.59 Å². The SMILES string of the molecule is CC(=O)NC(=O)Nc1cccc(N)c1C. The maximum atomic E-state index is 11.2. The number of hydrogen-bond donors (Lipinski definition) is 3. The third-order valence-corrected chi connectivity index (χ3v) is 1.91. The molecule has 0 heterocycles. The molecule has 4 N–H and O–H groups in total. The molecular formula is C10H13N3O2. The van der Waals surface area contributed by atoms with E-state index in [2.05, 4.69) is 10.6 Å². The number of benzene rings is 1. The second kappa shape index (κ2) is 4.45. The number of amides is 3. The molecule has 0 aliphatic rings. The van der Waals surface area contributed by atoms with Crippen LogP contribution in [-0.4, -0.2) is 11.9 Å². The van der Waals surface area contributed by atoms with Gasteiger partial charge in [0.1, 0.15) is 0 Å². The molecule has 0 unspecified atom stereocenters. The molecule has 15 heavy (non-hydrogen) atoms. The topological polar surface area (TPSA) is 84.2 Å². The highest BCUT2D eigenvalue weighted by Gasteiger charge is 2.06. The first kappa shape index (κ1) is 11.0. The minimum Gasteiger partial charge on any atom is -0.398 e. The molecule has 1 aromatic rings. The number of nitrogens with one attached hydrogen (secondary N) is 2. The first-order valence-corrected chi connectivity index (χ1v) is 4.44. The highest BCUT2D eigenvalue weighted by Crippen LogP contribution is 2.19. The van der Waals surface area contributed by atoms with E-state index in [4.69, 9.17) is 5.73 Å². The molecule has 5 heteroatoms. The van der Waals surface area contributed by atoms with Gasteiger partial charge in [0.25, 0.3) is 0 Å². The van der Waals surface area contributed by atoms with Gasteiger partial charge in [-0.05, 0) is 24.6 Å². The van der Waals surface area contributed by atoms with E-state index in [0.29, 0.717) is 11.4 Å². The molecule has 0 saturated carbocycles. The molecule has 1 rings (SSSR count). The van der Waals surface area contributed by atoms with Gasteiger partial charge in [-0.2, -0.15) is 0 Å². The first-order valence-electron chi connectivity index (χ1n) is 4.44. The fourth-order valence-electron chi connectivity index (χ4n) is 1.10. The Hall–Kier alpha value is -2.04. The van der Waals surface area contributed by atoms with Crippen LogP contribution >= 0.6 is 0 Å². The van der Waals surface area contributed by atoms with Crippen LogP contribution in [0, 0.1) is 6.92 Å².